The van der Waals surface area contributed by atoms with E-state index in [1.807, 2.05) is 22.9 Å². The Morgan fingerprint density at radius 3 is 2.68 bits per heavy atom. The Balaban J connectivity index is 1.60. The monoisotopic (exact) mass is 410 g/mol. The van der Waals surface area contributed by atoms with Crippen molar-refractivity contribution in [3.63, 3.8) is 0 Å². The van der Waals surface area contributed by atoms with Crippen LogP contribution < -0.4 is 5.56 Å². The summed E-state index contributed by atoms with van der Waals surface area (Å²) in [7, 11) is 0. The first-order valence-electron chi connectivity index (χ1n) is 8.38. The lowest BCUT2D eigenvalue weighted by molar-refractivity contribution is 0.0320. The highest BCUT2D eigenvalue weighted by molar-refractivity contribution is 7.18. The summed E-state index contributed by atoms with van der Waals surface area (Å²) in [6, 6.07) is 10.0. The van der Waals surface area contributed by atoms with Crippen LogP contribution in [0.1, 0.15) is 39.6 Å². The molecule has 1 N–H and O–H groups in total. The minimum absolute atomic E-state index is 0.261. The Bertz CT molecular complexity index is 1210. The van der Waals surface area contributed by atoms with E-state index in [1.165, 1.54) is 35.6 Å². The van der Waals surface area contributed by atoms with Crippen LogP contribution in [0.25, 0.3) is 20.7 Å². The van der Waals surface area contributed by atoms with Gasteiger partial charge in [-0.3, -0.25) is 9.59 Å². The van der Waals surface area contributed by atoms with Crippen molar-refractivity contribution in [2.75, 3.05) is 0 Å². The van der Waals surface area contributed by atoms with E-state index >= 15 is 0 Å². The van der Waals surface area contributed by atoms with Gasteiger partial charge >= 0.3 is 5.97 Å². The van der Waals surface area contributed by atoms with Gasteiger partial charge in [0.05, 0.1) is 10.9 Å². The molecule has 0 saturated heterocycles. The molecule has 0 aliphatic heterocycles. The van der Waals surface area contributed by atoms with Gasteiger partial charge in [-0.1, -0.05) is 18.2 Å². The molecule has 0 spiro atoms. The van der Waals surface area contributed by atoms with Crippen LogP contribution in [0.3, 0.4) is 0 Å². The smallest absolute Gasteiger partial charge is 0.338 e. The van der Waals surface area contributed by atoms with Crippen molar-refractivity contribution in [1.29, 1.82) is 0 Å². The first-order valence-corrected chi connectivity index (χ1v) is 10.1. The van der Waals surface area contributed by atoms with E-state index in [2.05, 4.69) is 9.97 Å². The van der Waals surface area contributed by atoms with E-state index in [9.17, 15) is 14.4 Å². The van der Waals surface area contributed by atoms with Crippen molar-refractivity contribution in [2.24, 2.45) is 0 Å². The van der Waals surface area contributed by atoms with E-state index in [0.29, 0.717) is 27.6 Å². The van der Waals surface area contributed by atoms with Crippen molar-refractivity contribution in [3.05, 3.63) is 74.5 Å². The van der Waals surface area contributed by atoms with Gasteiger partial charge in [-0.15, -0.1) is 22.7 Å². The second kappa shape index (κ2) is 7.49. The van der Waals surface area contributed by atoms with Crippen LogP contribution in [0.4, 0.5) is 0 Å². The normalized spacial score (nSPS) is 12.0. The zero-order chi connectivity index (χ0) is 19.7. The molecule has 0 fully saturated rings. The minimum atomic E-state index is -0.734. The van der Waals surface area contributed by atoms with Crippen molar-refractivity contribution in [3.8, 4) is 10.4 Å². The number of rotatable bonds is 5. The summed E-state index contributed by atoms with van der Waals surface area (Å²) in [5.74, 6) is -0.270. The number of carbonyl (C=O) groups is 2. The average molecular weight is 410 g/mol. The number of hydrogen-bond acceptors (Lipinski definition) is 7. The summed E-state index contributed by atoms with van der Waals surface area (Å²) < 4.78 is 5.43. The molecule has 6 nitrogen and oxygen atoms in total. The average Bonchev–Trinajstić information content (AvgIpc) is 3.37. The van der Waals surface area contributed by atoms with Crippen molar-refractivity contribution < 1.29 is 14.3 Å². The molecule has 3 aromatic heterocycles. The highest BCUT2D eigenvalue weighted by atomic mass is 32.1. The molecule has 0 unspecified atom stereocenters. The lowest BCUT2D eigenvalue weighted by Gasteiger charge is -2.12. The number of fused-ring (bicyclic) bond motifs is 1. The van der Waals surface area contributed by atoms with Gasteiger partial charge in [0.15, 0.2) is 11.9 Å². The largest absolute Gasteiger partial charge is 0.451 e. The third-order valence-electron chi connectivity index (χ3n) is 4.20. The first kappa shape index (κ1) is 18.3. The molecule has 0 bridgehead atoms. The number of hydrogen-bond donors (Lipinski definition) is 1. The van der Waals surface area contributed by atoms with Gasteiger partial charge in [0.2, 0.25) is 0 Å². The molecule has 0 amide bonds. The highest BCUT2D eigenvalue weighted by Crippen LogP contribution is 2.33. The van der Waals surface area contributed by atoms with Gasteiger partial charge in [0.25, 0.3) is 5.56 Å². The van der Waals surface area contributed by atoms with E-state index in [1.54, 1.807) is 18.3 Å². The third-order valence-corrected chi connectivity index (χ3v) is 5.98. The molecular weight excluding hydrogens is 396 g/mol. The van der Waals surface area contributed by atoms with Gasteiger partial charge in [-0.2, -0.15) is 0 Å². The molecule has 0 radical (unpaired) electrons. The Labute approximate surface area is 167 Å². The summed E-state index contributed by atoms with van der Waals surface area (Å²) >= 11 is 2.94. The predicted octanol–water partition coefficient (Wildman–Crippen LogP) is 4.44. The number of aromatic amines is 1. The predicted molar refractivity (Wildman–Crippen MR) is 109 cm³/mol. The van der Waals surface area contributed by atoms with E-state index < -0.39 is 12.1 Å². The van der Waals surface area contributed by atoms with E-state index in [0.717, 1.165) is 10.4 Å². The number of H-pyrrole nitrogens is 1. The third kappa shape index (κ3) is 3.39. The SMILES string of the molecule is C[C@@H](OC(=O)c1ccc(C=O)cc1)c1nc2scc(-c3cccs3)c2c(=O)[nH]1. The highest BCUT2D eigenvalue weighted by Gasteiger charge is 2.19. The summed E-state index contributed by atoms with van der Waals surface area (Å²) in [5.41, 5.74) is 1.38. The number of nitrogens with zero attached hydrogens (tertiary/aromatic N) is 1. The zero-order valence-electron chi connectivity index (χ0n) is 14.7. The molecular formula is C20H14N2O4S2. The number of thiophene rings is 2. The molecule has 1 atom stereocenters. The van der Waals surface area contributed by atoms with Crippen molar-refractivity contribution in [1.82, 2.24) is 9.97 Å². The second-order valence-corrected chi connectivity index (χ2v) is 7.85. The summed E-state index contributed by atoms with van der Waals surface area (Å²) in [6.07, 6.45) is -0.0322. The van der Waals surface area contributed by atoms with Gasteiger partial charge in [-0.25, -0.2) is 9.78 Å². The lowest BCUT2D eigenvalue weighted by Crippen LogP contribution is -2.17. The van der Waals surface area contributed by atoms with Gasteiger partial charge in [-0.05, 0) is 30.5 Å². The molecule has 4 rings (SSSR count). The van der Waals surface area contributed by atoms with Crippen molar-refractivity contribution in [2.45, 2.75) is 13.0 Å². The Morgan fingerprint density at radius 2 is 2.00 bits per heavy atom. The van der Waals surface area contributed by atoms with Gasteiger partial charge in [0.1, 0.15) is 11.1 Å². The fourth-order valence-electron chi connectivity index (χ4n) is 2.75. The number of nitrogens with one attached hydrogen (secondary N) is 1. The summed E-state index contributed by atoms with van der Waals surface area (Å²) in [6.45, 7) is 1.65. The van der Waals surface area contributed by atoms with Gasteiger partial charge < -0.3 is 9.72 Å². The summed E-state index contributed by atoms with van der Waals surface area (Å²) in [4.78, 5) is 44.5. The van der Waals surface area contributed by atoms with Crippen LogP contribution in [0.5, 0.6) is 0 Å². The molecule has 0 aliphatic carbocycles. The van der Waals surface area contributed by atoms with E-state index in [4.69, 9.17) is 4.74 Å². The van der Waals surface area contributed by atoms with Crippen LogP contribution in [0.2, 0.25) is 0 Å². The van der Waals surface area contributed by atoms with Crippen LogP contribution in [0, 0.1) is 0 Å². The topological polar surface area (TPSA) is 89.1 Å². The Morgan fingerprint density at radius 1 is 1.21 bits per heavy atom. The molecule has 8 heteroatoms. The zero-order valence-corrected chi connectivity index (χ0v) is 16.3. The minimum Gasteiger partial charge on any atom is -0.451 e. The van der Waals surface area contributed by atoms with Crippen LogP contribution in [0.15, 0.2) is 52.0 Å². The number of ether oxygens (including phenoxy) is 1. The molecule has 140 valence electrons. The molecule has 28 heavy (non-hydrogen) atoms. The molecule has 0 aliphatic rings. The number of benzene rings is 1. The fourth-order valence-corrected chi connectivity index (χ4v) is 4.52. The molecule has 1 aromatic carbocycles. The van der Waals surface area contributed by atoms with Crippen molar-refractivity contribution >= 4 is 45.1 Å². The number of aromatic nitrogens is 2. The fraction of sp³-hybridized carbons (Fsp3) is 0.100. The number of carbonyl (C=O) groups excluding carboxylic acids is 2. The van der Waals surface area contributed by atoms with Gasteiger partial charge in [0, 0.05) is 21.4 Å². The molecule has 3 heterocycles. The summed E-state index contributed by atoms with van der Waals surface area (Å²) in [5, 5.41) is 4.41. The Kier molecular flexibility index (Phi) is 4.89. The first-order chi connectivity index (χ1) is 13.6. The molecule has 0 saturated carbocycles. The van der Waals surface area contributed by atoms with Crippen LogP contribution >= 0.6 is 22.7 Å². The maximum Gasteiger partial charge on any atom is 0.338 e. The standard InChI is InChI=1S/C20H14N2O4S2/c1-11(26-20(25)13-6-4-12(9-23)5-7-13)17-21-18(24)16-14(10-28-19(16)22-17)15-3-2-8-27-15/h2-11H,1H3,(H,21,22,24)/t11-/m1/s1. The number of esters is 1. The maximum atomic E-state index is 12.6. The molecule has 4 aromatic rings. The van der Waals surface area contributed by atoms with E-state index in [-0.39, 0.29) is 11.4 Å². The number of aldehydes is 1. The quantitative estimate of drug-likeness (QED) is 0.388. The lowest BCUT2D eigenvalue weighted by atomic mass is 10.1. The van der Waals surface area contributed by atoms with Crippen LogP contribution in [-0.4, -0.2) is 22.2 Å². The van der Waals surface area contributed by atoms with Crippen LogP contribution in [-0.2, 0) is 4.74 Å². The maximum absolute atomic E-state index is 12.6. The Hall–Kier alpha value is -3.10. The second-order valence-electron chi connectivity index (χ2n) is 6.05.